The highest BCUT2D eigenvalue weighted by molar-refractivity contribution is 6.01. The monoisotopic (exact) mass is 448 g/mol. The number of anilines is 1. The molecule has 1 aromatic heterocycles. The topological polar surface area (TPSA) is 70.5 Å². The minimum absolute atomic E-state index is 0.00456. The summed E-state index contributed by atoms with van der Waals surface area (Å²) in [6.07, 6.45) is 2.06. The maximum Gasteiger partial charge on any atom is 0.318 e. The van der Waals surface area contributed by atoms with Crippen molar-refractivity contribution < 1.29 is 18.6 Å². The van der Waals surface area contributed by atoms with Gasteiger partial charge in [0.2, 0.25) is 0 Å². The maximum absolute atomic E-state index is 16.0. The Labute approximate surface area is 188 Å². The molecule has 3 aromatic carbocycles. The molecule has 0 spiro atoms. The number of fused-ring (bicyclic) bond motifs is 5. The number of rotatable bonds is 3. The van der Waals surface area contributed by atoms with Crippen LogP contribution in [0.25, 0.3) is 32.8 Å². The van der Waals surface area contributed by atoms with Crippen molar-refractivity contribution in [2.45, 2.75) is 24.9 Å². The molecule has 2 atom stereocenters. The van der Waals surface area contributed by atoms with E-state index in [2.05, 4.69) is 20.2 Å². The molecule has 0 radical (unpaired) electrons. The van der Waals surface area contributed by atoms with Gasteiger partial charge in [-0.05, 0) is 47.4 Å². The van der Waals surface area contributed by atoms with Crippen molar-refractivity contribution in [3.05, 3.63) is 54.1 Å². The molecule has 0 saturated carbocycles. The van der Waals surface area contributed by atoms with Gasteiger partial charge in [-0.2, -0.15) is 9.97 Å². The fourth-order valence-corrected chi connectivity index (χ4v) is 5.19. The maximum atomic E-state index is 16.0. The van der Waals surface area contributed by atoms with Gasteiger partial charge in [0.1, 0.15) is 22.9 Å². The predicted molar refractivity (Wildman–Crippen MR) is 123 cm³/mol. The zero-order valence-electron chi connectivity index (χ0n) is 18.0. The Morgan fingerprint density at radius 1 is 1.09 bits per heavy atom. The molecule has 2 unspecified atom stereocenters. The number of phenols is 1. The minimum Gasteiger partial charge on any atom is -0.508 e. The van der Waals surface area contributed by atoms with Gasteiger partial charge in [0.25, 0.3) is 0 Å². The summed E-state index contributed by atoms with van der Waals surface area (Å²) in [4.78, 5) is 10.9. The van der Waals surface area contributed by atoms with Crippen molar-refractivity contribution in [1.29, 1.82) is 0 Å². The summed E-state index contributed by atoms with van der Waals surface area (Å²) in [5.41, 5.74) is 0.0288. The molecule has 2 N–H and O–H groups in total. The second kappa shape index (κ2) is 7.52. The van der Waals surface area contributed by atoms with Gasteiger partial charge in [0.05, 0.1) is 12.7 Å². The number of nitrogens with zero attached hydrogens (tertiary/aromatic N) is 3. The van der Waals surface area contributed by atoms with Crippen molar-refractivity contribution in [2.24, 2.45) is 0 Å². The van der Waals surface area contributed by atoms with Crippen LogP contribution in [0.15, 0.2) is 42.5 Å². The predicted octanol–water partition coefficient (Wildman–Crippen LogP) is 4.38. The minimum atomic E-state index is -0.803. The standard InChI is InChI=1S/C25H22F2N4O2/c1-33-25-29-23-19(24(30-25)31-12-14-6-7-15(31)11-28-14)10-20(26)21(22(23)27)18-9-16(32)8-13-4-2-3-5-17(13)18/h2-5,8-10,14-15,28,32H,6-7,11-12H2,1H3. The van der Waals surface area contributed by atoms with Crippen molar-refractivity contribution in [3.63, 3.8) is 0 Å². The number of methoxy groups -OCH3 is 1. The first-order chi connectivity index (χ1) is 16.0. The molecule has 3 fully saturated rings. The molecular weight excluding hydrogens is 426 g/mol. The Morgan fingerprint density at radius 2 is 1.94 bits per heavy atom. The van der Waals surface area contributed by atoms with Crippen LogP contribution in [0.4, 0.5) is 14.6 Å². The lowest BCUT2D eigenvalue weighted by atomic mass is 9.92. The number of halogens is 2. The van der Waals surface area contributed by atoms with Gasteiger partial charge in [-0.1, -0.05) is 24.3 Å². The smallest absolute Gasteiger partial charge is 0.318 e. The number of nitrogens with one attached hydrogen (secondary N) is 1. The van der Waals surface area contributed by atoms with Gasteiger partial charge >= 0.3 is 6.01 Å². The van der Waals surface area contributed by atoms with E-state index in [1.54, 1.807) is 24.3 Å². The number of benzene rings is 3. The largest absolute Gasteiger partial charge is 0.508 e. The fraction of sp³-hybridized carbons (Fsp3) is 0.280. The van der Waals surface area contributed by atoms with Gasteiger partial charge < -0.3 is 20.1 Å². The SMILES string of the molecule is COc1nc(N2CC3CCC2CN3)c2cc(F)c(-c3cc(O)cc4ccccc34)c(F)c2n1. The second-order valence-corrected chi connectivity index (χ2v) is 8.68. The third kappa shape index (κ3) is 3.16. The van der Waals surface area contributed by atoms with Gasteiger partial charge in [-0.15, -0.1) is 0 Å². The summed E-state index contributed by atoms with van der Waals surface area (Å²) in [6.45, 7) is 1.51. The van der Waals surface area contributed by atoms with E-state index in [9.17, 15) is 5.11 Å². The summed E-state index contributed by atoms with van der Waals surface area (Å²) in [6, 6.07) is 12.0. The van der Waals surface area contributed by atoms with Crippen LogP contribution in [-0.2, 0) is 0 Å². The van der Waals surface area contributed by atoms with Crippen molar-refractivity contribution in [1.82, 2.24) is 15.3 Å². The van der Waals surface area contributed by atoms with E-state index in [0.29, 0.717) is 34.6 Å². The molecule has 33 heavy (non-hydrogen) atoms. The molecule has 3 saturated heterocycles. The highest BCUT2D eigenvalue weighted by atomic mass is 19.1. The first-order valence-electron chi connectivity index (χ1n) is 11.0. The number of hydrogen-bond acceptors (Lipinski definition) is 6. The number of phenolic OH excluding ortho intramolecular Hbond substituents is 1. The van der Waals surface area contributed by atoms with Gasteiger partial charge in [-0.25, -0.2) is 8.78 Å². The van der Waals surface area contributed by atoms with E-state index < -0.39 is 11.6 Å². The third-order valence-corrected chi connectivity index (χ3v) is 6.76. The van der Waals surface area contributed by atoms with Crippen LogP contribution in [0.5, 0.6) is 11.8 Å². The summed E-state index contributed by atoms with van der Waals surface area (Å²) in [7, 11) is 1.43. The Balaban J connectivity index is 1.62. The van der Waals surface area contributed by atoms with Crippen LogP contribution >= 0.6 is 0 Å². The zero-order chi connectivity index (χ0) is 22.7. The lowest BCUT2D eigenvalue weighted by molar-refractivity contribution is 0.288. The van der Waals surface area contributed by atoms with E-state index >= 15 is 8.78 Å². The number of hydrogen-bond donors (Lipinski definition) is 2. The Kier molecular flexibility index (Phi) is 4.58. The van der Waals surface area contributed by atoms with Crippen molar-refractivity contribution >= 4 is 27.5 Å². The van der Waals surface area contributed by atoms with Crippen LogP contribution in [0.1, 0.15) is 12.8 Å². The number of piperidine rings is 2. The van der Waals surface area contributed by atoms with Crippen LogP contribution in [0, 0.1) is 11.6 Å². The Morgan fingerprint density at radius 3 is 2.67 bits per heavy atom. The van der Waals surface area contributed by atoms with Crippen molar-refractivity contribution in [3.8, 4) is 22.9 Å². The normalized spacial score (nSPS) is 20.0. The third-order valence-electron chi connectivity index (χ3n) is 6.76. The molecule has 4 heterocycles. The molecule has 7 rings (SSSR count). The van der Waals surface area contributed by atoms with Crippen LogP contribution in [-0.4, -0.2) is 47.4 Å². The first kappa shape index (κ1) is 20.1. The summed E-state index contributed by atoms with van der Waals surface area (Å²) < 4.78 is 36.9. The molecule has 3 aliphatic rings. The second-order valence-electron chi connectivity index (χ2n) is 8.68. The lowest BCUT2D eigenvalue weighted by Crippen LogP contribution is -2.61. The molecule has 0 aliphatic carbocycles. The van der Waals surface area contributed by atoms with Crippen LogP contribution in [0.3, 0.4) is 0 Å². The van der Waals surface area contributed by atoms with Crippen LogP contribution in [0.2, 0.25) is 0 Å². The van der Waals surface area contributed by atoms with E-state index in [1.807, 2.05) is 6.07 Å². The van der Waals surface area contributed by atoms with Crippen LogP contribution < -0.4 is 15.0 Å². The average molecular weight is 448 g/mol. The summed E-state index contributed by atoms with van der Waals surface area (Å²) >= 11 is 0. The molecule has 0 amide bonds. The molecule has 2 bridgehead atoms. The first-order valence-corrected chi connectivity index (χ1v) is 11.0. The Hall–Kier alpha value is -3.52. The van der Waals surface area contributed by atoms with Crippen molar-refractivity contribution in [2.75, 3.05) is 25.1 Å². The quantitative estimate of drug-likeness (QED) is 0.485. The number of piperazine rings is 1. The zero-order valence-corrected chi connectivity index (χ0v) is 18.0. The molecular formula is C25H22F2N4O2. The molecule has 4 aromatic rings. The summed E-state index contributed by atoms with van der Waals surface area (Å²) in [5.74, 6) is -1.12. The van der Waals surface area contributed by atoms with Gasteiger partial charge in [0, 0.05) is 30.6 Å². The Bertz CT molecular complexity index is 1400. The molecule has 8 heteroatoms. The van der Waals surface area contributed by atoms with E-state index in [4.69, 9.17) is 4.74 Å². The fourth-order valence-electron chi connectivity index (χ4n) is 5.19. The average Bonchev–Trinajstić information content (AvgIpc) is 2.84. The highest BCUT2D eigenvalue weighted by Gasteiger charge is 2.36. The number of aromatic nitrogens is 2. The molecule has 168 valence electrons. The molecule has 3 aliphatic heterocycles. The van der Waals surface area contributed by atoms with E-state index in [1.165, 1.54) is 19.2 Å². The summed E-state index contributed by atoms with van der Waals surface area (Å²) in [5, 5.41) is 15.3. The number of aromatic hydroxyl groups is 1. The lowest BCUT2D eigenvalue weighted by Gasteiger charge is -2.46. The van der Waals surface area contributed by atoms with Gasteiger partial charge in [-0.3, -0.25) is 0 Å². The van der Waals surface area contributed by atoms with E-state index in [0.717, 1.165) is 19.4 Å². The highest BCUT2D eigenvalue weighted by Crippen LogP contribution is 2.41. The van der Waals surface area contributed by atoms with E-state index in [-0.39, 0.29) is 34.4 Å². The van der Waals surface area contributed by atoms with Gasteiger partial charge in [0.15, 0.2) is 5.82 Å². The number of ether oxygens (including phenoxy) is 1. The molecule has 6 nitrogen and oxygen atoms in total.